The van der Waals surface area contributed by atoms with Gasteiger partial charge in [0.05, 0.1) is 18.6 Å². The van der Waals surface area contributed by atoms with Gasteiger partial charge < -0.3 is 14.5 Å². The summed E-state index contributed by atoms with van der Waals surface area (Å²) in [6.45, 7) is 5.59. The summed E-state index contributed by atoms with van der Waals surface area (Å²) in [5.41, 5.74) is -0.682. The molecular formula is C25H35ClN4O4. The number of benzene rings is 1. The van der Waals surface area contributed by atoms with E-state index in [1.54, 1.807) is 18.2 Å². The van der Waals surface area contributed by atoms with Crippen LogP contribution in [0.4, 0.5) is 0 Å². The van der Waals surface area contributed by atoms with Gasteiger partial charge in [-0.2, -0.15) is 0 Å². The van der Waals surface area contributed by atoms with Crippen LogP contribution in [0.1, 0.15) is 31.2 Å². The highest BCUT2D eigenvalue weighted by Gasteiger charge is 2.54. The van der Waals surface area contributed by atoms with E-state index in [2.05, 4.69) is 4.90 Å². The minimum absolute atomic E-state index is 0.0288. The predicted octanol–water partition coefficient (Wildman–Crippen LogP) is 1.61. The van der Waals surface area contributed by atoms with Gasteiger partial charge in [0.25, 0.3) is 0 Å². The van der Waals surface area contributed by atoms with Gasteiger partial charge in [-0.3, -0.25) is 24.2 Å². The Bertz CT molecular complexity index is 912. The fraction of sp³-hybridized carbons (Fsp3) is 0.640. The van der Waals surface area contributed by atoms with Crippen LogP contribution >= 0.6 is 11.6 Å². The molecule has 34 heavy (non-hydrogen) atoms. The van der Waals surface area contributed by atoms with Crippen molar-refractivity contribution in [1.29, 1.82) is 0 Å². The van der Waals surface area contributed by atoms with Crippen LogP contribution in [-0.4, -0.2) is 110 Å². The Labute approximate surface area is 206 Å². The second-order valence-electron chi connectivity index (χ2n) is 9.83. The van der Waals surface area contributed by atoms with Crippen LogP contribution in [0, 0.1) is 0 Å². The number of halogens is 1. The summed E-state index contributed by atoms with van der Waals surface area (Å²) < 4.78 is 5.46. The smallest absolute Gasteiger partial charge is 0.240 e. The lowest BCUT2D eigenvalue weighted by atomic mass is 9.75. The van der Waals surface area contributed by atoms with Crippen LogP contribution in [0.15, 0.2) is 24.3 Å². The Morgan fingerprint density at radius 3 is 2.44 bits per heavy atom. The van der Waals surface area contributed by atoms with Crippen molar-refractivity contribution in [3.8, 4) is 0 Å². The Morgan fingerprint density at radius 2 is 1.79 bits per heavy atom. The number of carbonyl (C=O) groups excluding carboxylic acids is 3. The van der Waals surface area contributed by atoms with E-state index < -0.39 is 5.41 Å². The molecule has 1 atom stereocenters. The average Bonchev–Trinajstić information content (AvgIpc) is 3.07. The number of likely N-dealkylation sites (N-methyl/N-ethyl adjacent to an activating group) is 1. The number of morpholine rings is 1. The van der Waals surface area contributed by atoms with Gasteiger partial charge in [0.15, 0.2) is 0 Å². The van der Waals surface area contributed by atoms with Crippen LogP contribution in [0.5, 0.6) is 0 Å². The maximum atomic E-state index is 13.7. The van der Waals surface area contributed by atoms with Crippen molar-refractivity contribution in [3.05, 3.63) is 34.9 Å². The number of likely N-dealkylation sites (tertiary alicyclic amines) is 2. The zero-order chi connectivity index (χ0) is 24.3. The summed E-state index contributed by atoms with van der Waals surface area (Å²) in [6.07, 6.45) is 1.75. The zero-order valence-electron chi connectivity index (χ0n) is 20.2. The van der Waals surface area contributed by atoms with Gasteiger partial charge in [0.1, 0.15) is 0 Å². The van der Waals surface area contributed by atoms with E-state index in [1.807, 2.05) is 30.0 Å². The molecule has 3 saturated heterocycles. The number of hydrogen-bond donors (Lipinski definition) is 0. The third-order valence-corrected chi connectivity index (χ3v) is 7.73. The number of nitrogens with zero attached hydrogens (tertiary/aromatic N) is 4. The Balaban J connectivity index is 1.51. The topological polar surface area (TPSA) is 73.4 Å². The molecule has 9 heteroatoms. The van der Waals surface area contributed by atoms with Gasteiger partial charge in [0, 0.05) is 63.2 Å². The molecule has 3 aliphatic rings. The monoisotopic (exact) mass is 490 g/mol. The number of amides is 3. The van der Waals surface area contributed by atoms with Gasteiger partial charge >= 0.3 is 0 Å². The molecule has 3 heterocycles. The van der Waals surface area contributed by atoms with Gasteiger partial charge in [-0.25, -0.2) is 0 Å². The maximum absolute atomic E-state index is 13.7. The summed E-state index contributed by atoms with van der Waals surface area (Å²) in [5.74, 6) is -0.648. The predicted molar refractivity (Wildman–Crippen MR) is 130 cm³/mol. The highest BCUT2D eigenvalue weighted by molar-refractivity contribution is 6.32. The molecule has 4 rings (SSSR count). The van der Waals surface area contributed by atoms with E-state index >= 15 is 0 Å². The molecule has 3 aliphatic heterocycles. The standard InChI is InChI=1S/C25H35ClN4O4/c1-27(2)11-12-30-23(32)18-25(24(30)33,20-5-3-4-6-21(20)26)17-22(31)29-9-7-19(8-10-29)28-13-15-34-16-14-28/h3-6,19H,7-18H2,1-2H3. The molecule has 3 amide bonds. The summed E-state index contributed by atoms with van der Waals surface area (Å²) in [6, 6.07) is 7.56. The van der Waals surface area contributed by atoms with Crippen molar-refractivity contribution >= 4 is 29.3 Å². The number of piperidine rings is 1. The molecule has 0 aromatic heterocycles. The van der Waals surface area contributed by atoms with Crippen LogP contribution < -0.4 is 0 Å². The van der Waals surface area contributed by atoms with Crippen molar-refractivity contribution < 1.29 is 19.1 Å². The zero-order valence-corrected chi connectivity index (χ0v) is 20.9. The highest BCUT2D eigenvalue weighted by Crippen LogP contribution is 2.43. The van der Waals surface area contributed by atoms with Crippen molar-refractivity contribution in [2.45, 2.75) is 37.1 Å². The Hall–Kier alpha value is -2.00. The van der Waals surface area contributed by atoms with Crippen molar-refractivity contribution in [2.75, 3.05) is 66.6 Å². The molecule has 186 valence electrons. The van der Waals surface area contributed by atoms with Crippen LogP contribution in [-0.2, 0) is 24.5 Å². The molecule has 3 fully saturated rings. The molecule has 0 saturated carbocycles. The van der Waals surface area contributed by atoms with E-state index in [1.165, 1.54) is 4.90 Å². The number of hydrogen-bond acceptors (Lipinski definition) is 6. The van der Waals surface area contributed by atoms with Gasteiger partial charge in [-0.05, 0) is 38.6 Å². The fourth-order valence-corrected chi connectivity index (χ4v) is 5.73. The van der Waals surface area contributed by atoms with E-state index in [4.69, 9.17) is 16.3 Å². The highest BCUT2D eigenvalue weighted by atomic mass is 35.5. The molecule has 0 bridgehead atoms. The number of ether oxygens (including phenoxy) is 1. The van der Waals surface area contributed by atoms with Gasteiger partial charge in [-0.15, -0.1) is 0 Å². The molecule has 0 spiro atoms. The molecule has 8 nitrogen and oxygen atoms in total. The number of rotatable bonds is 7. The van der Waals surface area contributed by atoms with E-state index in [-0.39, 0.29) is 30.6 Å². The summed E-state index contributed by atoms with van der Waals surface area (Å²) >= 11 is 6.53. The van der Waals surface area contributed by atoms with Crippen molar-refractivity contribution in [3.63, 3.8) is 0 Å². The summed E-state index contributed by atoms with van der Waals surface area (Å²) in [4.78, 5) is 47.8. The second-order valence-corrected chi connectivity index (χ2v) is 10.2. The first-order chi connectivity index (χ1) is 16.3. The van der Waals surface area contributed by atoms with E-state index in [0.29, 0.717) is 42.8 Å². The first kappa shape index (κ1) is 25.1. The molecule has 0 N–H and O–H groups in total. The second kappa shape index (κ2) is 10.7. The minimum Gasteiger partial charge on any atom is -0.379 e. The SMILES string of the molecule is CN(C)CCN1C(=O)CC(CC(=O)N2CCC(N3CCOCC3)CC2)(c2ccccc2Cl)C1=O. The number of carbonyl (C=O) groups is 3. The van der Waals surface area contributed by atoms with E-state index in [0.717, 1.165) is 39.1 Å². The molecule has 0 radical (unpaired) electrons. The van der Waals surface area contributed by atoms with Gasteiger partial charge in [0.2, 0.25) is 17.7 Å². The maximum Gasteiger partial charge on any atom is 0.240 e. The minimum atomic E-state index is -1.25. The normalized spacial score (nSPS) is 24.9. The Morgan fingerprint density at radius 1 is 1.12 bits per heavy atom. The summed E-state index contributed by atoms with van der Waals surface area (Å²) in [5, 5.41) is 0.414. The van der Waals surface area contributed by atoms with Crippen LogP contribution in [0.25, 0.3) is 0 Å². The Kier molecular flexibility index (Phi) is 7.92. The summed E-state index contributed by atoms with van der Waals surface area (Å²) in [7, 11) is 3.80. The van der Waals surface area contributed by atoms with Crippen LogP contribution in [0.3, 0.4) is 0 Å². The molecular weight excluding hydrogens is 456 g/mol. The van der Waals surface area contributed by atoms with Crippen molar-refractivity contribution in [2.24, 2.45) is 0 Å². The average molecular weight is 491 g/mol. The quantitative estimate of drug-likeness (QED) is 0.541. The molecule has 0 aliphatic carbocycles. The first-order valence-corrected chi connectivity index (χ1v) is 12.5. The molecule has 1 aromatic rings. The van der Waals surface area contributed by atoms with Gasteiger partial charge in [-0.1, -0.05) is 29.8 Å². The lowest BCUT2D eigenvalue weighted by molar-refractivity contribution is -0.143. The third kappa shape index (κ3) is 5.15. The van der Waals surface area contributed by atoms with Crippen LogP contribution in [0.2, 0.25) is 5.02 Å². The third-order valence-electron chi connectivity index (χ3n) is 7.40. The first-order valence-electron chi connectivity index (χ1n) is 12.2. The lowest BCUT2D eigenvalue weighted by Gasteiger charge is -2.40. The number of imide groups is 1. The molecule has 1 unspecified atom stereocenters. The van der Waals surface area contributed by atoms with Crippen molar-refractivity contribution in [1.82, 2.24) is 19.6 Å². The lowest BCUT2D eigenvalue weighted by Crippen LogP contribution is -2.51. The largest absolute Gasteiger partial charge is 0.379 e. The van der Waals surface area contributed by atoms with E-state index in [9.17, 15) is 14.4 Å². The molecule has 1 aromatic carbocycles. The fourth-order valence-electron chi connectivity index (χ4n) is 5.41.